The van der Waals surface area contributed by atoms with Gasteiger partial charge in [0.1, 0.15) is 11.8 Å². The number of nitrogens with zero attached hydrogens (tertiary/aromatic N) is 1. The molecule has 0 unspecified atom stereocenters. The predicted molar refractivity (Wildman–Crippen MR) is 138 cm³/mol. The van der Waals surface area contributed by atoms with Crippen molar-refractivity contribution in [2.75, 3.05) is 26.7 Å². The highest BCUT2D eigenvalue weighted by atomic mass is 16.5. The molecule has 1 aliphatic heterocycles. The Morgan fingerprint density at radius 2 is 1.44 bits per heavy atom. The molecule has 7 heteroatoms. The van der Waals surface area contributed by atoms with Gasteiger partial charge in [-0.05, 0) is 48.2 Å². The molecule has 1 aliphatic rings. The van der Waals surface area contributed by atoms with Crippen LogP contribution in [0.5, 0.6) is 5.75 Å². The minimum absolute atomic E-state index is 0.0714. The molecule has 0 bridgehead atoms. The Kier molecular flexibility index (Phi) is 8.34. The number of carbonyl (C=O) groups excluding carboxylic acids is 3. The van der Waals surface area contributed by atoms with Gasteiger partial charge < -0.3 is 20.3 Å². The molecular weight excluding hydrogens is 454 g/mol. The fourth-order valence-corrected chi connectivity index (χ4v) is 4.56. The molecule has 1 atom stereocenters. The van der Waals surface area contributed by atoms with Gasteiger partial charge in [0.25, 0.3) is 5.91 Å². The molecule has 3 amide bonds. The molecule has 3 aromatic rings. The highest BCUT2D eigenvalue weighted by Gasteiger charge is 2.38. The van der Waals surface area contributed by atoms with Crippen LogP contribution < -0.4 is 15.4 Å². The number of nitrogens with one attached hydrogen (secondary N) is 2. The molecule has 1 saturated heterocycles. The van der Waals surface area contributed by atoms with Gasteiger partial charge in [0, 0.05) is 25.2 Å². The molecule has 2 N–H and O–H groups in total. The molecule has 3 aromatic carbocycles. The average Bonchev–Trinajstić information content (AvgIpc) is 3.43. The zero-order chi connectivity index (χ0) is 25.3. The smallest absolute Gasteiger partial charge is 0.251 e. The van der Waals surface area contributed by atoms with E-state index in [2.05, 4.69) is 10.6 Å². The van der Waals surface area contributed by atoms with Crippen molar-refractivity contribution in [2.24, 2.45) is 0 Å². The van der Waals surface area contributed by atoms with Crippen molar-refractivity contribution in [3.05, 3.63) is 102 Å². The van der Waals surface area contributed by atoms with Crippen molar-refractivity contribution in [2.45, 2.75) is 24.8 Å². The van der Waals surface area contributed by atoms with Gasteiger partial charge in [0.15, 0.2) is 0 Å². The van der Waals surface area contributed by atoms with Crippen LogP contribution in [0.2, 0.25) is 0 Å². The third-order valence-corrected chi connectivity index (χ3v) is 6.41. The quantitative estimate of drug-likeness (QED) is 0.455. The van der Waals surface area contributed by atoms with Crippen molar-refractivity contribution < 1.29 is 19.1 Å². The number of rotatable bonds is 9. The summed E-state index contributed by atoms with van der Waals surface area (Å²) in [7, 11) is 1.57. The molecule has 0 spiro atoms. The topological polar surface area (TPSA) is 87.7 Å². The Morgan fingerprint density at radius 3 is 2.03 bits per heavy atom. The minimum Gasteiger partial charge on any atom is -0.497 e. The maximum absolute atomic E-state index is 13.8. The molecule has 36 heavy (non-hydrogen) atoms. The molecule has 0 radical (unpaired) electrons. The predicted octanol–water partition coefficient (Wildman–Crippen LogP) is 3.36. The number of benzene rings is 3. The number of hydrogen-bond donors (Lipinski definition) is 2. The van der Waals surface area contributed by atoms with E-state index in [0.717, 1.165) is 17.5 Å². The van der Waals surface area contributed by atoms with Gasteiger partial charge in [-0.25, -0.2) is 0 Å². The van der Waals surface area contributed by atoms with E-state index in [0.29, 0.717) is 24.3 Å². The number of carbonyl (C=O) groups is 3. The monoisotopic (exact) mass is 485 g/mol. The number of methoxy groups -OCH3 is 1. The molecule has 7 nitrogen and oxygen atoms in total. The van der Waals surface area contributed by atoms with Crippen LogP contribution in [0.25, 0.3) is 0 Å². The lowest BCUT2D eigenvalue weighted by Crippen LogP contribution is -2.48. The Balaban J connectivity index is 1.36. The third kappa shape index (κ3) is 5.92. The summed E-state index contributed by atoms with van der Waals surface area (Å²) in [6.45, 7) is 1.11. The van der Waals surface area contributed by atoms with Gasteiger partial charge in [-0.3, -0.25) is 14.4 Å². The van der Waals surface area contributed by atoms with E-state index in [1.165, 1.54) is 0 Å². The van der Waals surface area contributed by atoms with Crippen LogP contribution in [0, 0.1) is 0 Å². The fraction of sp³-hybridized carbons (Fsp3) is 0.276. The Morgan fingerprint density at radius 1 is 0.861 bits per heavy atom. The first-order chi connectivity index (χ1) is 17.6. The summed E-state index contributed by atoms with van der Waals surface area (Å²) in [4.78, 5) is 40.8. The van der Waals surface area contributed by atoms with Gasteiger partial charge in [0.05, 0.1) is 13.0 Å². The van der Waals surface area contributed by atoms with Gasteiger partial charge >= 0.3 is 0 Å². The lowest BCUT2D eigenvalue weighted by atomic mass is 9.90. The van der Waals surface area contributed by atoms with Crippen LogP contribution in [-0.2, 0) is 9.59 Å². The molecule has 0 aliphatic carbocycles. The number of hydrogen-bond acceptors (Lipinski definition) is 4. The lowest BCUT2D eigenvalue weighted by molar-refractivity contribution is -0.138. The number of ether oxygens (including phenoxy) is 1. The molecule has 186 valence electrons. The van der Waals surface area contributed by atoms with Gasteiger partial charge in [0.2, 0.25) is 11.8 Å². The molecule has 1 fully saturated rings. The van der Waals surface area contributed by atoms with Crippen LogP contribution in [0.1, 0.15) is 40.2 Å². The third-order valence-electron chi connectivity index (χ3n) is 6.41. The van der Waals surface area contributed by atoms with E-state index in [4.69, 9.17) is 4.74 Å². The van der Waals surface area contributed by atoms with E-state index >= 15 is 0 Å². The molecule has 4 rings (SSSR count). The largest absolute Gasteiger partial charge is 0.497 e. The first kappa shape index (κ1) is 25.0. The van der Waals surface area contributed by atoms with Crippen LogP contribution >= 0.6 is 0 Å². The van der Waals surface area contributed by atoms with Gasteiger partial charge in [-0.1, -0.05) is 60.7 Å². The molecule has 0 aromatic heterocycles. The summed E-state index contributed by atoms with van der Waals surface area (Å²) >= 11 is 0. The summed E-state index contributed by atoms with van der Waals surface area (Å²) < 4.78 is 5.11. The maximum Gasteiger partial charge on any atom is 0.251 e. The van der Waals surface area contributed by atoms with Crippen molar-refractivity contribution >= 4 is 17.7 Å². The Hall–Kier alpha value is -4.13. The van der Waals surface area contributed by atoms with Crippen molar-refractivity contribution in [3.8, 4) is 5.75 Å². The van der Waals surface area contributed by atoms with E-state index in [1.54, 1.807) is 36.3 Å². The van der Waals surface area contributed by atoms with Crippen LogP contribution in [-0.4, -0.2) is 55.4 Å². The van der Waals surface area contributed by atoms with Crippen LogP contribution in [0.4, 0.5) is 0 Å². The van der Waals surface area contributed by atoms with Crippen LogP contribution in [0.15, 0.2) is 84.9 Å². The number of likely N-dealkylation sites (tertiary alicyclic amines) is 1. The summed E-state index contributed by atoms with van der Waals surface area (Å²) in [6.07, 6.45) is 1.39. The standard InChI is InChI=1S/C29H31N3O4/c1-36-24-16-14-23(15-17-24)27(33)30-18-19-31-28(34)25-13-8-20-32(25)29(35)26(21-9-4-2-5-10-21)22-11-6-3-7-12-22/h2-7,9-12,14-17,25-26H,8,13,18-20H2,1H3,(H,30,33)(H,31,34)/t25-/m0/s1. The van der Waals surface area contributed by atoms with Gasteiger partial charge in [-0.15, -0.1) is 0 Å². The molecule has 1 heterocycles. The average molecular weight is 486 g/mol. The van der Waals surface area contributed by atoms with Crippen molar-refractivity contribution in [3.63, 3.8) is 0 Å². The normalized spacial score (nSPS) is 14.9. The summed E-state index contributed by atoms with van der Waals surface area (Å²) in [6, 6.07) is 25.6. The zero-order valence-electron chi connectivity index (χ0n) is 20.4. The minimum atomic E-state index is -0.523. The Bertz CT molecular complexity index is 1130. The maximum atomic E-state index is 13.8. The van der Waals surface area contributed by atoms with Gasteiger partial charge in [-0.2, -0.15) is 0 Å². The summed E-state index contributed by atoms with van der Waals surface area (Å²) in [5.41, 5.74) is 2.32. The summed E-state index contributed by atoms with van der Waals surface area (Å²) in [5.74, 6) is -0.281. The van der Waals surface area contributed by atoms with Crippen molar-refractivity contribution in [1.29, 1.82) is 0 Å². The second-order valence-electron chi connectivity index (χ2n) is 8.72. The number of amides is 3. The highest BCUT2D eigenvalue weighted by Crippen LogP contribution is 2.30. The second-order valence-corrected chi connectivity index (χ2v) is 8.72. The zero-order valence-corrected chi connectivity index (χ0v) is 20.4. The van der Waals surface area contributed by atoms with E-state index in [1.807, 2.05) is 60.7 Å². The second kappa shape index (κ2) is 12.0. The lowest BCUT2D eigenvalue weighted by Gasteiger charge is -2.29. The van der Waals surface area contributed by atoms with Crippen LogP contribution in [0.3, 0.4) is 0 Å². The van der Waals surface area contributed by atoms with E-state index in [-0.39, 0.29) is 30.8 Å². The summed E-state index contributed by atoms with van der Waals surface area (Å²) in [5, 5.41) is 5.69. The molecular formula is C29H31N3O4. The first-order valence-electron chi connectivity index (χ1n) is 12.2. The fourth-order valence-electron chi connectivity index (χ4n) is 4.56. The SMILES string of the molecule is COc1ccc(C(=O)NCCNC(=O)[C@@H]2CCCN2C(=O)C(c2ccccc2)c2ccccc2)cc1. The van der Waals surface area contributed by atoms with E-state index < -0.39 is 12.0 Å². The highest BCUT2D eigenvalue weighted by molar-refractivity contribution is 5.94. The van der Waals surface area contributed by atoms with E-state index in [9.17, 15) is 14.4 Å². The first-order valence-corrected chi connectivity index (χ1v) is 12.2. The molecule has 0 saturated carbocycles. The Labute approximate surface area is 211 Å². The van der Waals surface area contributed by atoms with Crippen molar-refractivity contribution in [1.82, 2.24) is 15.5 Å².